The highest BCUT2D eigenvalue weighted by Crippen LogP contribution is 2.35. The van der Waals surface area contributed by atoms with Crippen molar-refractivity contribution in [2.75, 3.05) is 43.9 Å². The molecule has 164 valence electrons. The number of rotatable bonds is 7. The summed E-state index contributed by atoms with van der Waals surface area (Å²) in [5, 5.41) is 4.72. The van der Waals surface area contributed by atoms with Gasteiger partial charge in [-0.2, -0.15) is 9.40 Å². The molecule has 1 aromatic carbocycles. The van der Waals surface area contributed by atoms with Crippen molar-refractivity contribution in [2.24, 2.45) is 0 Å². The van der Waals surface area contributed by atoms with Gasteiger partial charge >= 0.3 is 0 Å². The van der Waals surface area contributed by atoms with Crippen LogP contribution < -0.4 is 4.90 Å². The van der Waals surface area contributed by atoms with E-state index in [4.69, 9.17) is 5.10 Å². The van der Waals surface area contributed by atoms with Crippen LogP contribution in [0.25, 0.3) is 5.69 Å². The molecule has 1 aliphatic heterocycles. The first-order valence-corrected chi connectivity index (χ1v) is 12.4. The normalized spacial score (nSPS) is 18.4. The molecule has 4 rings (SSSR count). The lowest BCUT2D eigenvalue weighted by Crippen LogP contribution is -2.47. The quantitative estimate of drug-likeness (QED) is 0.668. The lowest BCUT2D eigenvalue weighted by molar-refractivity contribution is 0.269. The zero-order valence-corrected chi connectivity index (χ0v) is 18.7. The van der Waals surface area contributed by atoms with Gasteiger partial charge in [0, 0.05) is 44.3 Å². The Kier molecular flexibility index (Phi) is 5.87. The molecule has 1 saturated carbocycles. The van der Waals surface area contributed by atoms with Gasteiger partial charge in [0.2, 0.25) is 10.0 Å². The first-order valence-electron chi connectivity index (χ1n) is 10.6. The Hall–Kier alpha value is -1.97. The molecule has 0 bridgehead atoms. The number of aryl methyl sites for hydroxylation is 1. The summed E-state index contributed by atoms with van der Waals surface area (Å²) in [5.41, 5.74) is 2.33. The summed E-state index contributed by atoms with van der Waals surface area (Å²) in [6.07, 6.45) is 3.07. The molecule has 0 radical (unpaired) electrons. The molecule has 2 aromatic rings. The van der Waals surface area contributed by atoms with Crippen LogP contribution in [0, 0.1) is 12.7 Å². The Morgan fingerprint density at radius 1 is 1.20 bits per heavy atom. The van der Waals surface area contributed by atoms with Crippen molar-refractivity contribution in [3.8, 4) is 5.69 Å². The zero-order valence-electron chi connectivity index (χ0n) is 17.9. The van der Waals surface area contributed by atoms with E-state index in [1.54, 1.807) is 15.1 Å². The lowest BCUT2D eigenvalue weighted by Gasteiger charge is -2.36. The van der Waals surface area contributed by atoms with Gasteiger partial charge in [0.05, 0.1) is 17.6 Å². The molecule has 2 aliphatic rings. The highest BCUT2D eigenvalue weighted by atomic mass is 32.2. The summed E-state index contributed by atoms with van der Waals surface area (Å²) >= 11 is 0. The maximum atomic E-state index is 14.0. The minimum absolute atomic E-state index is 0.0710. The Labute approximate surface area is 178 Å². The molecule has 9 heteroatoms. The Morgan fingerprint density at radius 2 is 1.90 bits per heavy atom. The third kappa shape index (κ3) is 4.38. The molecular formula is C21H30FN5O2S. The van der Waals surface area contributed by atoms with Gasteiger partial charge in [-0.05, 0) is 44.5 Å². The molecule has 7 nitrogen and oxygen atoms in total. The summed E-state index contributed by atoms with van der Waals surface area (Å²) < 4.78 is 42.2. The fourth-order valence-electron chi connectivity index (χ4n) is 4.16. The zero-order chi connectivity index (χ0) is 21.5. The first kappa shape index (κ1) is 21.3. The van der Waals surface area contributed by atoms with Crippen LogP contribution in [0.15, 0.2) is 24.3 Å². The lowest BCUT2D eigenvalue weighted by atomic mass is 10.2. The van der Waals surface area contributed by atoms with Crippen molar-refractivity contribution < 1.29 is 12.8 Å². The smallest absolute Gasteiger partial charge is 0.211 e. The summed E-state index contributed by atoms with van der Waals surface area (Å²) in [6, 6.07) is 6.46. The van der Waals surface area contributed by atoms with Crippen molar-refractivity contribution in [1.29, 1.82) is 0 Å². The Morgan fingerprint density at radius 3 is 2.47 bits per heavy atom. The van der Waals surface area contributed by atoms with Crippen molar-refractivity contribution in [1.82, 2.24) is 19.0 Å². The third-order valence-electron chi connectivity index (χ3n) is 6.02. The number of hydrogen-bond acceptors (Lipinski definition) is 5. The Bertz CT molecular complexity index is 1010. The summed E-state index contributed by atoms with van der Waals surface area (Å²) in [5.74, 6) is 0.558. The van der Waals surface area contributed by atoms with Crippen molar-refractivity contribution in [3.63, 3.8) is 0 Å². The van der Waals surface area contributed by atoms with Crippen LogP contribution in [0.4, 0.5) is 10.2 Å². The van der Waals surface area contributed by atoms with Gasteiger partial charge in [-0.3, -0.25) is 0 Å². The van der Waals surface area contributed by atoms with Gasteiger partial charge in [0.25, 0.3) is 0 Å². The number of hydrogen-bond donors (Lipinski definition) is 0. The predicted octanol–water partition coefficient (Wildman–Crippen LogP) is 2.39. The van der Waals surface area contributed by atoms with Crippen LogP contribution in [-0.4, -0.2) is 72.4 Å². The van der Waals surface area contributed by atoms with E-state index in [-0.39, 0.29) is 11.9 Å². The Balaban J connectivity index is 1.77. The third-order valence-corrected chi connectivity index (χ3v) is 7.30. The second-order valence-electron chi connectivity index (χ2n) is 8.24. The van der Waals surface area contributed by atoms with Gasteiger partial charge in [-0.1, -0.05) is 13.0 Å². The molecule has 1 aromatic heterocycles. The van der Waals surface area contributed by atoms with Gasteiger partial charge < -0.3 is 9.80 Å². The van der Waals surface area contributed by atoms with E-state index in [2.05, 4.69) is 16.7 Å². The number of anilines is 1. The topological polar surface area (TPSA) is 61.7 Å². The molecular weight excluding hydrogens is 405 g/mol. The van der Waals surface area contributed by atoms with Crippen LogP contribution in [0.3, 0.4) is 0 Å². The highest BCUT2D eigenvalue weighted by Gasteiger charge is 2.37. The van der Waals surface area contributed by atoms with Crippen LogP contribution in [-0.2, 0) is 16.6 Å². The molecule has 2 fully saturated rings. The second kappa shape index (κ2) is 8.28. The van der Waals surface area contributed by atoms with Crippen molar-refractivity contribution >= 4 is 15.8 Å². The number of likely N-dealkylation sites (N-methyl/N-ethyl adjacent to an activating group) is 1. The van der Waals surface area contributed by atoms with Crippen molar-refractivity contribution in [2.45, 2.75) is 39.3 Å². The van der Waals surface area contributed by atoms with Crippen LogP contribution >= 0.6 is 0 Å². The molecule has 2 heterocycles. The standard InChI is InChI=1S/C21H30FN5O2S/c1-4-24-10-12-25(13-11-24)21-20(15-26(18-8-9-18)30(3,28)29)16(2)23-27(21)19-7-5-6-17(22)14-19/h5-7,14,18H,4,8-13,15H2,1-3H3. The molecule has 0 amide bonds. The monoisotopic (exact) mass is 435 g/mol. The summed E-state index contributed by atoms with van der Waals surface area (Å²) in [4.78, 5) is 4.65. The number of sulfonamides is 1. The number of piperazine rings is 1. The molecule has 0 spiro atoms. The molecule has 0 unspecified atom stereocenters. The van der Waals surface area contributed by atoms with Crippen molar-refractivity contribution in [3.05, 3.63) is 41.3 Å². The molecule has 0 N–H and O–H groups in total. The second-order valence-corrected chi connectivity index (χ2v) is 10.2. The number of benzene rings is 1. The maximum absolute atomic E-state index is 14.0. The van der Waals surface area contributed by atoms with Gasteiger partial charge in [0.15, 0.2) is 0 Å². The minimum atomic E-state index is -3.33. The molecule has 30 heavy (non-hydrogen) atoms. The average Bonchev–Trinajstić information content (AvgIpc) is 3.48. The van der Waals surface area contributed by atoms with Crippen LogP contribution in [0.2, 0.25) is 0 Å². The highest BCUT2D eigenvalue weighted by molar-refractivity contribution is 7.88. The SMILES string of the molecule is CCN1CCN(c2c(CN(C3CC3)S(C)(=O)=O)c(C)nn2-c2cccc(F)c2)CC1. The average molecular weight is 436 g/mol. The van der Waals surface area contributed by atoms with E-state index in [0.717, 1.165) is 62.6 Å². The number of aromatic nitrogens is 2. The fraction of sp³-hybridized carbons (Fsp3) is 0.571. The molecule has 1 aliphatic carbocycles. The van der Waals surface area contributed by atoms with Crippen LogP contribution in [0.5, 0.6) is 0 Å². The van der Waals surface area contributed by atoms with Crippen LogP contribution in [0.1, 0.15) is 31.0 Å². The van der Waals surface area contributed by atoms with E-state index in [0.29, 0.717) is 12.2 Å². The summed E-state index contributed by atoms with van der Waals surface area (Å²) in [6.45, 7) is 8.88. The summed E-state index contributed by atoms with van der Waals surface area (Å²) in [7, 11) is -3.33. The molecule has 1 saturated heterocycles. The van der Waals surface area contributed by atoms with E-state index in [9.17, 15) is 12.8 Å². The van der Waals surface area contributed by atoms with Gasteiger partial charge in [-0.25, -0.2) is 17.5 Å². The first-order chi connectivity index (χ1) is 14.3. The number of halogens is 1. The van der Waals surface area contributed by atoms with E-state index >= 15 is 0 Å². The van der Waals surface area contributed by atoms with E-state index in [1.165, 1.54) is 18.4 Å². The molecule has 0 atom stereocenters. The largest absolute Gasteiger partial charge is 0.354 e. The fourth-order valence-corrected chi connectivity index (χ4v) is 5.27. The van der Waals surface area contributed by atoms with E-state index in [1.807, 2.05) is 13.0 Å². The van der Waals surface area contributed by atoms with Gasteiger partial charge in [0.1, 0.15) is 11.6 Å². The maximum Gasteiger partial charge on any atom is 0.211 e. The minimum Gasteiger partial charge on any atom is -0.354 e. The number of nitrogens with zero attached hydrogens (tertiary/aromatic N) is 5. The predicted molar refractivity (Wildman–Crippen MR) is 116 cm³/mol. The van der Waals surface area contributed by atoms with Gasteiger partial charge in [-0.15, -0.1) is 0 Å². The van der Waals surface area contributed by atoms with E-state index < -0.39 is 10.0 Å².